The van der Waals surface area contributed by atoms with Crippen LogP contribution in [0.5, 0.6) is 0 Å². The minimum Gasteiger partial charge on any atom is -0.375 e. The molecule has 2 aliphatic rings. The smallest absolute Gasteiger partial charge is 0.248 e. The first kappa shape index (κ1) is 21.6. The molecule has 2 aliphatic heterocycles. The number of hydrogen-bond acceptors (Lipinski definition) is 6. The molecular formula is C21H28N4O3S. The minimum atomic E-state index is -0.452. The summed E-state index contributed by atoms with van der Waals surface area (Å²) < 4.78 is 4.97. The maximum Gasteiger partial charge on any atom is 0.248 e. The zero-order valence-electron chi connectivity index (χ0n) is 17.0. The van der Waals surface area contributed by atoms with Crippen LogP contribution >= 0.6 is 11.8 Å². The van der Waals surface area contributed by atoms with Crippen LogP contribution < -0.4 is 5.32 Å². The summed E-state index contributed by atoms with van der Waals surface area (Å²) in [5.74, 6) is 1.01. The van der Waals surface area contributed by atoms with E-state index >= 15 is 0 Å². The monoisotopic (exact) mass is 416 g/mol. The standard InChI is InChI=1S/C21H28N4O3S/c1-28-15-19(26)24-9-7-21(8-10-24)23-18(6-11-29-2)20(27)25(21)14-17-5-3-4-16(12-17)13-22/h3-5,12,18,23H,6-11,14-15H2,1-2H3. The van der Waals surface area contributed by atoms with E-state index in [-0.39, 0.29) is 24.5 Å². The number of ether oxygens (including phenoxy) is 1. The summed E-state index contributed by atoms with van der Waals surface area (Å²) in [7, 11) is 1.52. The Balaban J connectivity index is 1.79. The number of methoxy groups -OCH3 is 1. The number of carbonyl (C=O) groups is 2. The molecule has 2 heterocycles. The minimum absolute atomic E-state index is 0.0149. The van der Waals surface area contributed by atoms with Crippen molar-refractivity contribution in [3.05, 3.63) is 35.4 Å². The number of nitriles is 1. The highest BCUT2D eigenvalue weighted by molar-refractivity contribution is 7.98. The number of likely N-dealkylation sites (tertiary alicyclic amines) is 1. The fourth-order valence-corrected chi connectivity index (χ4v) is 4.67. The van der Waals surface area contributed by atoms with Crippen molar-refractivity contribution in [2.45, 2.75) is 37.5 Å². The summed E-state index contributed by atoms with van der Waals surface area (Å²) in [4.78, 5) is 29.2. The molecule has 0 aliphatic carbocycles. The molecule has 7 nitrogen and oxygen atoms in total. The van der Waals surface area contributed by atoms with Gasteiger partial charge in [0, 0.05) is 39.6 Å². The van der Waals surface area contributed by atoms with Crippen LogP contribution in [0.3, 0.4) is 0 Å². The van der Waals surface area contributed by atoms with E-state index in [1.165, 1.54) is 7.11 Å². The van der Waals surface area contributed by atoms with E-state index in [1.54, 1.807) is 17.8 Å². The quantitative estimate of drug-likeness (QED) is 0.726. The molecule has 0 saturated carbocycles. The predicted molar refractivity (Wildman–Crippen MR) is 112 cm³/mol. The van der Waals surface area contributed by atoms with Crippen LogP contribution in [-0.4, -0.2) is 72.1 Å². The van der Waals surface area contributed by atoms with Gasteiger partial charge in [-0.15, -0.1) is 0 Å². The van der Waals surface area contributed by atoms with Crippen molar-refractivity contribution in [3.8, 4) is 6.07 Å². The number of benzene rings is 1. The molecule has 0 aromatic heterocycles. The van der Waals surface area contributed by atoms with Crippen molar-refractivity contribution in [1.29, 1.82) is 5.26 Å². The molecule has 2 saturated heterocycles. The number of rotatable bonds is 7. The third-order valence-corrected chi connectivity index (χ3v) is 6.39. The summed E-state index contributed by atoms with van der Waals surface area (Å²) in [6, 6.07) is 9.37. The number of piperidine rings is 1. The van der Waals surface area contributed by atoms with Gasteiger partial charge < -0.3 is 14.5 Å². The summed E-state index contributed by atoms with van der Waals surface area (Å²) in [6.45, 7) is 1.72. The van der Waals surface area contributed by atoms with Gasteiger partial charge in [-0.2, -0.15) is 17.0 Å². The van der Waals surface area contributed by atoms with Gasteiger partial charge in [-0.3, -0.25) is 14.9 Å². The van der Waals surface area contributed by atoms with Crippen molar-refractivity contribution < 1.29 is 14.3 Å². The average molecular weight is 417 g/mol. The van der Waals surface area contributed by atoms with E-state index in [0.29, 0.717) is 38.0 Å². The second-order valence-corrected chi connectivity index (χ2v) is 8.55. The zero-order valence-corrected chi connectivity index (χ0v) is 17.8. The first-order chi connectivity index (χ1) is 14.0. The summed E-state index contributed by atoms with van der Waals surface area (Å²) >= 11 is 1.73. The predicted octanol–water partition coefficient (Wildman–Crippen LogP) is 1.58. The summed E-state index contributed by atoms with van der Waals surface area (Å²) in [6.07, 6.45) is 4.19. The lowest BCUT2D eigenvalue weighted by atomic mass is 9.95. The lowest BCUT2D eigenvalue weighted by Crippen LogP contribution is -2.59. The lowest BCUT2D eigenvalue weighted by molar-refractivity contribution is -0.140. The highest BCUT2D eigenvalue weighted by atomic mass is 32.2. The molecule has 156 valence electrons. The average Bonchev–Trinajstić information content (AvgIpc) is 2.98. The third kappa shape index (κ3) is 4.74. The van der Waals surface area contributed by atoms with Crippen LogP contribution in [0.4, 0.5) is 0 Å². The first-order valence-corrected chi connectivity index (χ1v) is 11.3. The number of thioether (sulfide) groups is 1. The number of nitrogens with one attached hydrogen (secondary N) is 1. The third-order valence-electron chi connectivity index (χ3n) is 5.74. The SMILES string of the molecule is COCC(=O)N1CCC2(CC1)NC(CCSC)C(=O)N2Cc1cccc(C#N)c1. The highest BCUT2D eigenvalue weighted by Crippen LogP contribution is 2.35. The van der Waals surface area contributed by atoms with Gasteiger partial charge >= 0.3 is 0 Å². The molecule has 0 bridgehead atoms. The Bertz CT molecular complexity index is 786. The Kier molecular flexibility index (Phi) is 7.17. The molecule has 29 heavy (non-hydrogen) atoms. The Labute approximate surface area is 176 Å². The second kappa shape index (κ2) is 9.61. The van der Waals surface area contributed by atoms with Crippen molar-refractivity contribution in [1.82, 2.24) is 15.1 Å². The van der Waals surface area contributed by atoms with Gasteiger partial charge in [0.1, 0.15) is 6.61 Å². The number of carbonyl (C=O) groups excluding carboxylic acids is 2. The maximum absolute atomic E-state index is 13.3. The fraction of sp³-hybridized carbons (Fsp3) is 0.571. The van der Waals surface area contributed by atoms with Gasteiger partial charge in [-0.25, -0.2) is 0 Å². The Hall–Kier alpha value is -2.08. The van der Waals surface area contributed by atoms with Crippen LogP contribution in [0, 0.1) is 11.3 Å². The lowest BCUT2D eigenvalue weighted by Gasteiger charge is -2.44. The Morgan fingerprint density at radius 1 is 1.41 bits per heavy atom. The second-order valence-electron chi connectivity index (χ2n) is 7.56. The molecule has 1 unspecified atom stereocenters. The van der Waals surface area contributed by atoms with Crippen molar-refractivity contribution in [2.24, 2.45) is 0 Å². The van der Waals surface area contributed by atoms with Crippen LogP contribution in [0.1, 0.15) is 30.4 Å². The van der Waals surface area contributed by atoms with Crippen molar-refractivity contribution >= 4 is 23.6 Å². The van der Waals surface area contributed by atoms with E-state index in [0.717, 1.165) is 17.7 Å². The molecular weight excluding hydrogens is 388 g/mol. The van der Waals surface area contributed by atoms with Crippen molar-refractivity contribution in [3.63, 3.8) is 0 Å². The van der Waals surface area contributed by atoms with Crippen LogP contribution in [0.2, 0.25) is 0 Å². The summed E-state index contributed by atoms with van der Waals surface area (Å²) in [5.41, 5.74) is 1.09. The van der Waals surface area contributed by atoms with Gasteiger partial charge in [-0.1, -0.05) is 12.1 Å². The van der Waals surface area contributed by atoms with Crippen molar-refractivity contribution in [2.75, 3.05) is 38.8 Å². The number of nitrogens with zero attached hydrogens (tertiary/aromatic N) is 3. The molecule has 0 radical (unpaired) electrons. The Morgan fingerprint density at radius 2 is 2.17 bits per heavy atom. The summed E-state index contributed by atoms with van der Waals surface area (Å²) in [5, 5.41) is 12.8. The van der Waals surface area contributed by atoms with E-state index in [4.69, 9.17) is 4.74 Å². The van der Waals surface area contributed by atoms with Crippen LogP contribution in [0.25, 0.3) is 0 Å². The molecule has 1 atom stereocenters. The van der Waals surface area contributed by atoms with E-state index in [1.807, 2.05) is 34.3 Å². The van der Waals surface area contributed by atoms with Gasteiger partial charge in [-0.05, 0) is 36.1 Å². The van der Waals surface area contributed by atoms with Gasteiger partial charge in [0.05, 0.1) is 23.3 Å². The van der Waals surface area contributed by atoms with Gasteiger partial charge in [0.15, 0.2) is 0 Å². The maximum atomic E-state index is 13.3. The zero-order chi connectivity index (χ0) is 20.9. The Morgan fingerprint density at radius 3 is 2.83 bits per heavy atom. The highest BCUT2D eigenvalue weighted by Gasteiger charge is 2.51. The molecule has 2 fully saturated rings. The molecule has 1 aromatic rings. The molecule has 3 rings (SSSR count). The van der Waals surface area contributed by atoms with E-state index in [9.17, 15) is 14.9 Å². The van der Waals surface area contributed by atoms with Gasteiger partial charge in [0.25, 0.3) is 0 Å². The van der Waals surface area contributed by atoms with Gasteiger partial charge in [0.2, 0.25) is 11.8 Å². The number of amides is 2. The molecule has 8 heteroatoms. The molecule has 2 amide bonds. The van der Waals surface area contributed by atoms with Crippen LogP contribution in [0.15, 0.2) is 24.3 Å². The molecule has 1 spiro atoms. The largest absolute Gasteiger partial charge is 0.375 e. The fourth-order valence-electron chi connectivity index (χ4n) is 4.20. The topological polar surface area (TPSA) is 85.7 Å². The first-order valence-electron chi connectivity index (χ1n) is 9.87. The van der Waals surface area contributed by atoms with E-state index in [2.05, 4.69) is 11.4 Å². The van der Waals surface area contributed by atoms with Crippen LogP contribution in [-0.2, 0) is 20.9 Å². The molecule has 1 N–H and O–H groups in total. The normalized spacial score (nSPS) is 20.9. The number of hydrogen-bond donors (Lipinski definition) is 1. The van der Waals surface area contributed by atoms with E-state index < -0.39 is 5.66 Å². The molecule has 1 aromatic carbocycles.